The van der Waals surface area contributed by atoms with Crippen molar-refractivity contribution >= 4 is 0 Å². The first kappa shape index (κ1) is 8.52. The van der Waals surface area contributed by atoms with Crippen LogP contribution in [0.4, 0.5) is 0 Å². The lowest BCUT2D eigenvalue weighted by molar-refractivity contribution is -0.285. The number of rotatable bonds is 1. The molecule has 0 spiro atoms. The molecule has 3 rings (SSSR count). The summed E-state index contributed by atoms with van der Waals surface area (Å²) < 4.78 is 11.5. The van der Waals surface area contributed by atoms with Crippen molar-refractivity contribution in [3.63, 3.8) is 0 Å². The van der Waals surface area contributed by atoms with E-state index in [1.807, 2.05) is 0 Å². The Labute approximate surface area is 74.2 Å². The fourth-order valence-electron chi connectivity index (χ4n) is 2.15. The van der Waals surface area contributed by atoms with Crippen LogP contribution in [-0.4, -0.2) is 19.0 Å². The molecule has 3 heterocycles. The topological polar surface area (TPSA) is 18.5 Å². The molecule has 3 aliphatic heterocycles. The lowest BCUT2D eigenvalue weighted by atomic mass is 9.83. The third kappa shape index (κ3) is 1.27. The fourth-order valence-corrected chi connectivity index (χ4v) is 2.15. The van der Waals surface area contributed by atoms with Gasteiger partial charge in [-0.3, -0.25) is 0 Å². The molecule has 0 saturated carbocycles. The van der Waals surface area contributed by atoms with Crippen LogP contribution in [0.25, 0.3) is 0 Å². The minimum Gasteiger partial charge on any atom is -0.350 e. The zero-order valence-corrected chi connectivity index (χ0v) is 8.06. The quantitative estimate of drug-likeness (QED) is 0.601. The summed E-state index contributed by atoms with van der Waals surface area (Å²) in [6, 6.07) is 0. The van der Waals surface area contributed by atoms with E-state index < -0.39 is 0 Å². The normalized spacial score (nSPS) is 47.5. The van der Waals surface area contributed by atoms with Gasteiger partial charge in [-0.05, 0) is 26.2 Å². The summed E-state index contributed by atoms with van der Waals surface area (Å²) in [7, 11) is 0. The molecule has 2 bridgehead atoms. The maximum atomic E-state index is 5.76. The summed E-state index contributed by atoms with van der Waals surface area (Å²) in [6.07, 6.45) is 4.78. The highest BCUT2D eigenvalue weighted by Crippen LogP contribution is 2.42. The molecule has 0 unspecified atom stereocenters. The molecule has 0 amide bonds. The van der Waals surface area contributed by atoms with E-state index in [0.717, 1.165) is 19.6 Å². The van der Waals surface area contributed by atoms with Crippen LogP contribution >= 0.6 is 0 Å². The molecule has 3 saturated heterocycles. The van der Waals surface area contributed by atoms with Gasteiger partial charge in [0, 0.05) is 11.8 Å². The summed E-state index contributed by atoms with van der Waals surface area (Å²) in [5.74, 6) is -0.255. The average Bonchev–Trinajstić information content (AvgIpc) is 2.34. The monoisotopic (exact) mass is 170 g/mol. The Morgan fingerprint density at radius 3 is 2.42 bits per heavy atom. The van der Waals surface area contributed by atoms with Crippen molar-refractivity contribution in [1.82, 2.24) is 0 Å². The number of ether oxygens (including phenoxy) is 2. The lowest BCUT2D eigenvalue weighted by Crippen LogP contribution is -2.44. The van der Waals surface area contributed by atoms with Gasteiger partial charge >= 0.3 is 0 Å². The molecule has 0 radical (unpaired) electrons. The van der Waals surface area contributed by atoms with Gasteiger partial charge in [0.2, 0.25) is 0 Å². The van der Waals surface area contributed by atoms with Crippen molar-refractivity contribution < 1.29 is 9.47 Å². The maximum absolute atomic E-state index is 5.76. The Balaban J connectivity index is 2.15. The lowest BCUT2D eigenvalue weighted by Gasteiger charge is -2.40. The Morgan fingerprint density at radius 2 is 1.83 bits per heavy atom. The van der Waals surface area contributed by atoms with E-state index >= 15 is 0 Å². The van der Waals surface area contributed by atoms with Crippen molar-refractivity contribution in [3.05, 3.63) is 0 Å². The predicted octanol–water partition coefficient (Wildman–Crippen LogP) is 2.33. The Bertz CT molecular complexity index is 169. The highest BCUT2D eigenvalue weighted by Gasteiger charge is 2.44. The van der Waals surface area contributed by atoms with Gasteiger partial charge in [0.1, 0.15) is 0 Å². The first-order valence-electron chi connectivity index (χ1n) is 4.96. The molecule has 0 N–H and O–H groups in total. The van der Waals surface area contributed by atoms with Crippen LogP contribution < -0.4 is 0 Å². The van der Waals surface area contributed by atoms with Gasteiger partial charge in [0.15, 0.2) is 5.79 Å². The summed E-state index contributed by atoms with van der Waals surface area (Å²) in [6.45, 7) is 6.11. The molecule has 12 heavy (non-hydrogen) atoms. The summed E-state index contributed by atoms with van der Waals surface area (Å²) in [5.41, 5.74) is 0.343. The standard InChI is InChI=1S/C10H18O2/c1-3-10-6-4-5-9(2,11-7-10)12-8-10/h3-8H2,1-2H3. The van der Waals surface area contributed by atoms with Gasteiger partial charge in [0.25, 0.3) is 0 Å². The van der Waals surface area contributed by atoms with Gasteiger partial charge in [-0.2, -0.15) is 0 Å². The third-order valence-electron chi connectivity index (χ3n) is 3.46. The molecule has 0 aromatic rings. The fraction of sp³-hybridized carbons (Fsp3) is 1.00. The molecule has 3 fully saturated rings. The second kappa shape index (κ2) is 2.71. The van der Waals surface area contributed by atoms with Crippen LogP contribution in [0, 0.1) is 5.41 Å². The Kier molecular flexibility index (Phi) is 1.92. The minimum absolute atomic E-state index is 0.255. The molecule has 2 nitrogen and oxygen atoms in total. The zero-order chi connectivity index (χ0) is 8.66. The van der Waals surface area contributed by atoms with E-state index in [9.17, 15) is 0 Å². The van der Waals surface area contributed by atoms with Crippen LogP contribution in [0.3, 0.4) is 0 Å². The van der Waals surface area contributed by atoms with E-state index in [-0.39, 0.29) is 5.79 Å². The van der Waals surface area contributed by atoms with E-state index in [2.05, 4.69) is 13.8 Å². The van der Waals surface area contributed by atoms with Crippen molar-refractivity contribution in [2.24, 2.45) is 5.41 Å². The molecule has 2 heteroatoms. The third-order valence-corrected chi connectivity index (χ3v) is 3.46. The molecule has 0 aliphatic carbocycles. The zero-order valence-electron chi connectivity index (χ0n) is 8.06. The van der Waals surface area contributed by atoms with Crippen molar-refractivity contribution in [3.8, 4) is 0 Å². The smallest absolute Gasteiger partial charge is 0.165 e. The van der Waals surface area contributed by atoms with Crippen molar-refractivity contribution in [1.29, 1.82) is 0 Å². The molecule has 0 aromatic heterocycles. The summed E-state index contributed by atoms with van der Waals surface area (Å²) in [4.78, 5) is 0. The van der Waals surface area contributed by atoms with Crippen LogP contribution in [0.1, 0.15) is 39.5 Å². The average molecular weight is 170 g/mol. The second-order valence-electron chi connectivity index (χ2n) is 4.42. The van der Waals surface area contributed by atoms with Crippen LogP contribution in [-0.2, 0) is 9.47 Å². The molecule has 0 atom stereocenters. The summed E-state index contributed by atoms with van der Waals surface area (Å²) in [5, 5.41) is 0. The number of hydrogen-bond donors (Lipinski definition) is 0. The van der Waals surface area contributed by atoms with Gasteiger partial charge in [-0.15, -0.1) is 0 Å². The van der Waals surface area contributed by atoms with Crippen molar-refractivity contribution in [2.45, 2.75) is 45.3 Å². The second-order valence-corrected chi connectivity index (χ2v) is 4.42. The minimum atomic E-state index is -0.255. The number of hydrogen-bond acceptors (Lipinski definition) is 2. The molecular weight excluding hydrogens is 152 g/mol. The molecule has 0 aromatic carbocycles. The Morgan fingerprint density at radius 1 is 1.17 bits per heavy atom. The van der Waals surface area contributed by atoms with Crippen LogP contribution in [0.5, 0.6) is 0 Å². The van der Waals surface area contributed by atoms with E-state index in [1.54, 1.807) is 0 Å². The van der Waals surface area contributed by atoms with Gasteiger partial charge in [-0.25, -0.2) is 0 Å². The van der Waals surface area contributed by atoms with E-state index in [1.165, 1.54) is 19.3 Å². The molecule has 70 valence electrons. The van der Waals surface area contributed by atoms with Crippen LogP contribution in [0.15, 0.2) is 0 Å². The first-order valence-corrected chi connectivity index (χ1v) is 4.96. The van der Waals surface area contributed by atoms with E-state index in [0.29, 0.717) is 5.41 Å². The SMILES string of the molecule is CCC12CCCC(C)(OC1)OC2. The first-order chi connectivity index (χ1) is 5.68. The highest BCUT2D eigenvalue weighted by atomic mass is 16.7. The van der Waals surface area contributed by atoms with Crippen molar-refractivity contribution in [2.75, 3.05) is 13.2 Å². The molecule has 3 aliphatic rings. The van der Waals surface area contributed by atoms with E-state index in [4.69, 9.17) is 9.47 Å². The number of fused-ring (bicyclic) bond motifs is 4. The highest BCUT2D eigenvalue weighted by molar-refractivity contribution is 4.87. The van der Waals surface area contributed by atoms with Gasteiger partial charge < -0.3 is 9.47 Å². The van der Waals surface area contributed by atoms with Gasteiger partial charge in [-0.1, -0.05) is 6.92 Å². The summed E-state index contributed by atoms with van der Waals surface area (Å²) >= 11 is 0. The molecular formula is C10H18O2. The van der Waals surface area contributed by atoms with Crippen LogP contribution in [0.2, 0.25) is 0 Å². The maximum Gasteiger partial charge on any atom is 0.165 e. The predicted molar refractivity (Wildman–Crippen MR) is 46.9 cm³/mol. The van der Waals surface area contributed by atoms with Gasteiger partial charge in [0.05, 0.1) is 13.2 Å². The largest absolute Gasteiger partial charge is 0.350 e. The Hall–Kier alpha value is -0.0800.